The van der Waals surface area contributed by atoms with E-state index in [2.05, 4.69) is 18.0 Å². The highest BCUT2D eigenvalue weighted by atomic mass is 16.1. The maximum absolute atomic E-state index is 11.0. The van der Waals surface area contributed by atoms with E-state index >= 15 is 0 Å². The summed E-state index contributed by atoms with van der Waals surface area (Å²) in [6, 6.07) is 1.70. The third-order valence-corrected chi connectivity index (χ3v) is 2.30. The summed E-state index contributed by atoms with van der Waals surface area (Å²) in [4.78, 5) is 13.7. The van der Waals surface area contributed by atoms with Gasteiger partial charge in [-0.15, -0.1) is 0 Å². The Morgan fingerprint density at radius 2 is 2.23 bits per heavy atom. The second kappa shape index (κ2) is 3.60. The molecule has 1 aliphatic rings. The quantitative estimate of drug-likeness (QED) is 0.648. The summed E-state index contributed by atoms with van der Waals surface area (Å²) in [5.41, 5.74) is 3.65. The summed E-state index contributed by atoms with van der Waals surface area (Å²) in [7, 11) is 0. The molecule has 1 aromatic heterocycles. The minimum atomic E-state index is 0. The fourth-order valence-electron chi connectivity index (χ4n) is 1.64. The van der Waals surface area contributed by atoms with Crippen LogP contribution in [0.25, 0.3) is 5.57 Å². The monoisotopic (exact) mass is 177 g/mol. The Kier molecular flexibility index (Phi) is 2.71. The molecule has 0 fully saturated rings. The van der Waals surface area contributed by atoms with Gasteiger partial charge in [-0.05, 0) is 36.5 Å². The maximum atomic E-state index is 11.0. The van der Waals surface area contributed by atoms with E-state index in [1.165, 1.54) is 16.7 Å². The number of allylic oxidation sites excluding steroid dienone is 2. The van der Waals surface area contributed by atoms with Crippen LogP contribution in [-0.2, 0) is 6.42 Å². The molecule has 0 aromatic carbocycles. The number of aromatic amines is 1. The largest absolute Gasteiger partial charge is 0.328 e. The normalized spacial score (nSPS) is 14.1. The minimum Gasteiger partial charge on any atom is -0.328 e. The second-order valence-corrected chi connectivity index (χ2v) is 3.16. The van der Waals surface area contributed by atoms with Crippen molar-refractivity contribution in [3.8, 4) is 0 Å². The van der Waals surface area contributed by atoms with Crippen molar-refractivity contribution in [2.45, 2.75) is 27.2 Å². The van der Waals surface area contributed by atoms with Crippen molar-refractivity contribution in [1.82, 2.24) is 4.98 Å². The average Bonchev–Trinajstić information content (AvgIpc) is 2.04. The van der Waals surface area contributed by atoms with Gasteiger partial charge in [0.2, 0.25) is 5.56 Å². The van der Waals surface area contributed by atoms with E-state index < -0.39 is 0 Å². The number of nitrogens with one attached hydrogen (secondary N) is 1. The first kappa shape index (κ1) is 9.78. The molecule has 2 nitrogen and oxygen atoms in total. The smallest absolute Gasteiger partial charge is 0.248 e. The molecule has 1 heterocycles. The van der Waals surface area contributed by atoms with Crippen molar-refractivity contribution >= 4 is 5.57 Å². The van der Waals surface area contributed by atoms with Crippen molar-refractivity contribution in [2.75, 3.05) is 0 Å². The van der Waals surface area contributed by atoms with Crippen molar-refractivity contribution in [3.63, 3.8) is 0 Å². The summed E-state index contributed by atoms with van der Waals surface area (Å²) in [6.45, 7) is 2.08. The summed E-state index contributed by atoms with van der Waals surface area (Å²) >= 11 is 0. The highest BCUT2D eigenvalue weighted by molar-refractivity contribution is 5.67. The lowest BCUT2D eigenvalue weighted by atomic mass is 9.94. The third kappa shape index (κ3) is 1.72. The van der Waals surface area contributed by atoms with Crippen LogP contribution >= 0.6 is 0 Å². The van der Waals surface area contributed by atoms with Gasteiger partial charge in [-0.25, -0.2) is 0 Å². The molecular weight excluding hydrogens is 162 g/mol. The average molecular weight is 177 g/mol. The molecule has 0 spiro atoms. The zero-order valence-electron chi connectivity index (χ0n) is 7.05. The molecule has 0 saturated heterocycles. The van der Waals surface area contributed by atoms with Crippen LogP contribution in [0.1, 0.15) is 31.9 Å². The van der Waals surface area contributed by atoms with Gasteiger partial charge < -0.3 is 4.98 Å². The Labute approximate surface area is 78.3 Å². The van der Waals surface area contributed by atoms with Crippen LogP contribution in [0.4, 0.5) is 0 Å². The Balaban J connectivity index is 0.000000845. The fraction of sp³-hybridized carbons (Fsp3) is 0.364. The highest BCUT2D eigenvalue weighted by Crippen LogP contribution is 2.23. The van der Waals surface area contributed by atoms with Crippen molar-refractivity contribution < 1.29 is 0 Å². The number of hydrogen-bond donors (Lipinski definition) is 1. The third-order valence-electron chi connectivity index (χ3n) is 2.30. The first-order valence-corrected chi connectivity index (χ1v) is 4.16. The van der Waals surface area contributed by atoms with Gasteiger partial charge in [0.1, 0.15) is 0 Å². The lowest BCUT2D eigenvalue weighted by molar-refractivity contribution is 0.959. The Morgan fingerprint density at radius 1 is 1.46 bits per heavy atom. The first-order valence-electron chi connectivity index (χ1n) is 4.16. The molecule has 13 heavy (non-hydrogen) atoms. The number of aryl methyl sites for hydroxylation is 1. The van der Waals surface area contributed by atoms with Gasteiger partial charge in [0.05, 0.1) is 0 Å². The topological polar surface area (TPSA) is 32.9 Å². The predicted octanol–water partition coefficient (Wildman–Crippen LogP) is 2.36. The number of fused-ring (bicyclic) bond motifs is 1. The van der Waals surface area contributed by atoms with E-state index in [-0.39, 0.29) is 13.0 Å². The standard InChI is InChI=1S/C10H11NO.CH4/c1-7-3-2-4-8-5-10(12)11-6-9(7)8;/h3,5-6H,2,4H2,1H3,(H,11,12);1H4. The maximum Gasteiger partial charge on any atom is 0.248 e. The van der Waals surface area contributed by atoms with Crippen LogP contribution in [-0.4, -0.2) is 4.98 Å². The Morgan fingerprint density at radius 3 is 3.00 bits per heavy atom. The molecular formula is C11H15NO. The molecule has 0 unspecified atom stereocenters. The molecule has 1 N–H and O–H groups in total. The fourth-order valence-corrected chi connectivity index (χ4v) is 1.64. The predicted molar refractivity (Wildman–Crippen MR) is 55.8 cm³/mol. The van der Waals surface area contributed by atoms with Gasteiger partial charge in [0.25, 0.3) is 0 Å². The lowest BCUT2D eigenvalue weighted by Gasteiger charge is -2.13. The van der Waals surface area contributed by atoms with Gasteiger partial charge in [-0.1, -0.05) is 13.5 Å². The zero-order chi connectivity index (χ0) is 8.55. The van der Waals surface area contributed by atoms with E-state index in [1.807, 2.05) is 6.20 Å². The van der Waals surface area contributed by atoms with Crippen molar-refractivity contribution in [2.24, 2.45) is 0 Å². The zero-order valence-corrected chi connectivity index (χ0v) is 7.05. The summed E-state index contributed by atoms with van der Waals surface area (Å²) in [5, 5.41) is 0. The molecule has 0 amide bonds. The molecule has 0 saturated carbocycles. The minimum absolute atomic E-state index is 0. The van der Waals surface area contributed by atoms with E-state index in [0.29, 0.717) is 0 Å². The molecule has 2 heteroatoms. The first-order chi connectivity index (χ1) is 5.77. The van der Waals surface area contributed by atoms with Crippen molar-refractivity contribution in [1.29, 1.82) is 0 Å². The van der Waals surface area contributed by atoms with Gasteiger partial charge in [-0.2, -0.15) is 0 Å². The number of H-pyrrole nitrogens is 1. The summed E-state index contributed by atoms with van der Waals surface area (Å²) in [5.74, 6) is 0. The molecule has 70 valence electrons. The number of pyridine rings is 1. The molecule has 0 radical (unpaired) electrons. The van der Waals surface area contributed by atoms with Crippen LogP contribution in [0.2, 0.25) is 0 Å². The van der Waals surface area contributed by atoms with Crippen LogP contribution in [0.5, 0.6) is 0 Å². The van der Waals surface area contributed by atoms with Gasteiger partial charge in [0, 0.05) is 12.3 Å². The number of rotatable bonds is 0. The van der Waals surface area contributed by atoms with Crippen LogP contribution in [0.3, 0.4) is 0 Å². The molecule has 0 bridgehead atoms. The molecule has 1 aliphatic carbocycles. The lowest BCUT2D eigenvalue weighted by Crippen LogP contribution is -2.09. The molecule has 2 rings (SSSR count). The number of hydrogen-bond acceptors (Lipinski definition) is 1. The van der Waals surface area contributed by atoms with Gasteiger partial charge in [0.15, 0.2) is 0 Å². The van der Waals surface area contributed by atoms with Gasteiger partial charge >= 0.3 is 0 Å². The van der Waals surface area contributed by atoms with E-state index in [4.69, 9.17) is 0 Å². The van der Waals surface area contributed by atoms with E-state index in [9.17, 15) is 4.79 Å². The summed E-state index contributed by atoms with van der Waals surface area (Å²) in [6.07, 6.45) is 6.07. The highest BCUT2D eigenvalue weighted by Gasteiger charge is 2.08. The number of aromatic nitrogens is 1. The van der Waals surface area contributed by atoms with Gasteiger partial charge in [-0.3, -0.25) is 4.79 Å². The molecule has 0 atom stereocenters. The van der Waals surface area contributed by atoms with Crippen LogP contribution < -0.4 is 5.56 Å². The van der Waals surface area contributed by atoms with E-state index in [1.54, 1.807) is 6.07 Å². The van der Waals surface area contributed by atoms with E-state index in [0.717, 1.165) is 12.8 Å². The van der Waals surface area contributed by atoms with Crippen LogP contribution in [0.15, 0.2) is 23.1 Å². The Hall–Kier alpha value is -1.31. The molecule has 0 aliphatic heterocycles. The van der Waals surface area contributed by atoms with Crippen molar-refractivity contribution in [3.05, 3.63) is 39.8 Å². The van der Waals surface area contributed by atoms with Crippen LogP contribution in [0, 0.1) is 0 Å². The molecule has 1 aromatic rings. The Bertz CT molecular complexity index is 387. The summed E-state index contributed by atoms with van der Waals surface area (Å²) < 4.78 is 0. The second-order valence-electron chi connectivity index (χ2n) is 3.16. The SMILES string of the molecule is C.CC1=CCCc2cc(=O)[nH]cc21.